The van der Waals surface area contributed by atoms with Gasteiger partial charge >= 0.3 is 0 Å². The molecule has 1 aliphatic heterocycles. The molecular weight excluding hydrogens is 260 g/mol. The topological polar surface area (TPSA) is 23.6 Å². The van der Waals surface area contributed by atoms with Crippen LogP contribution in [0.2, 0.25) is 0 Å². The van der Waals surface area contributed by atoms with Gasteiger partial charge in [0.2, 0.25) is 0 Å². The second-order valence-corrected chi connectivity index (χ2v) is 6.39. The van der Waals surface area contributed by atoms with E-state index in [0.717, 1.165) is 31.7 Å². The fraction of sp³-hybridized carbons (Fsp3) is 0.611. The second kappa shape index (κ2) is 7.19. The molecule has 1 heterocycles. The molecule has 1 unspecified atom stereocenters. The molecule has 1 aliphatic rings. The maximum atomic E-state index is 12.4. The van der Waals surface area contributed by atoms with Crippen molar-refractivity contribution in [1.82, 2.24) is 9.80 Å². The third-order valence-electron chi connectivity index (χ3n) is 4.53. The number of piperazine rings is 1. The summed E-state index contributed by atoms with van der Waals surface area (Å²) in [7, 11) is 2.20. The number of likely N-dealkylation sites (N-methyl/N-ethyl adjacent to an activating group) is 1. The van der Waals surface area contributed by atoms with E-state index in [-0.39, 0.29) is 5.78 Å². The summed E-state index contributed by atoms with van der Waals surface area (Å²) in [6.45, 7) is 10.5. The predicted molar refractivity (Wildman–Crippen MR) is 88.0 cm³/mol. The third kappa shape index (κ3) is 4.39. The molecule has 0 aliphatic carbocycles. The first-order chi connectivity index (χ1) is 9.99. The molecule has 0 N–H and O–H groups in total. The number of carbonyl (C=O) groups is 1. The van der Waals surface area contributed by atoms with Crippen LogP contribution in [0.4, 0.5) is 0 Å². The van der Waals surface area contributed by atoms with Gasteiger partial charge in [0.05, 0.1) is 0 Å². The molecule has 0 aromatic heterocycles. The van der Waals surface area contributed by atoms with Crippen molar-refractivity contribution in [3.63, 3.8) is 0 Å². The summed E-state index contributed by atoms with van der Waals surface area (Å²) in [4.78, 5) is 17.2. The summed E-state index contributed by atoms with van der Waals surface area (Å²) in [5, 5.41) is 0. The Labute approximate surface area is 128 Å². The lowest BCUT2D eigenvalue weighted by atomic mass is 10.0. The normalized spacial score (nSPS) is 20.7. The average molecular weight is 288 g/mol. The average Bonchev–Trinajstić information content (AvgIpc) is 2.45. The van der Waals surface area contributed by atoms with Crippen molar-refractivity contribution in [1.29, 1.82) is 0 Å². The van der Waals surface area contributed by atoms with E-state index in [1.165, 1.54) is 17.5 Å². The van der Waals surface area contributed by atoms with Crippen LogP contribution in [0, 0.1) is 13.8 Å². The zero-order valence-electron chi connectivity index (χ0n) is 13.9. The molecule has 2 rings (SSSR count). The zero-order valence-corrected chi connectivity index (χ0v) is 13.9. The van der Waals surface area contributed by atoms with E-state index in [0.29, 0.717) is 12.5 Å². The number of ketones is 1. The number of benzene rings is 1. The molecule has 0 saturated carbocycles. The standard InChI is InChI=1S/C18H28N2O/c1-5-17-13-20(9-8-19(17)4)7-6-18(21)16-11-14(2)10-15(3)12-16/h10-12,17H,5-9,13H2,1-4H3. The molecule has 1 atom stereocenters. The Morgan fingerprint density at radius 3 is 2.48 bits per heavy atom. The largest absolute Gasteiger partial charge is 0.301 e. The highest BCUT2D eigenvalue weighted by Crippen LogP contribution is 2.14. The summed E-state index contributed by atoms with van der Waals surface area (Å²) in [6, 6.07) is 6.76. The molecular formula is C18H28N2O. The molecule has 3 nitrogen and oxygen atoms in total. The van der Waals surface area contributed by atoms with E-state index in [4.69, 9.17) is 0 Å². The molecule has 1 fully saturated rings. The van der Waals surface area contributed by atoms with Crippen LogP contribution < -0.4 is 0 Å². The number of nitrogens with zero attached hydrogens (tertiary/aromatic N) is 2. The van der Waals surface area contributed by atoms with Gasteiger partial charge in [0, 0.05) is 44.2 Å². The molecule has 0 radical (unpaired) electrons. The fourth-order valence-corrected chi connectivity index (χ4v) is 3.19. The minimum absolute atomic E-state index is 0.272. The first-order valence-corrected chi connectivity index (χ1v) is 8.03. The number of hydrogen-bond acceptors (Lipinski definition) is 3. The summed E-state index contributed by atoms with van der Waals surface area (Å²) >= 11 is 0. The van der Waals surface area contributed by atoms with Crippen LogP contribution in [0.25, 0.3) is 0 Å². The minimum atomic E-state index is 0.272. The van der Waals surface area contributed by atoms with E-state index in [1.807, 2.05) is 12.1 Å². The highest BCUT2D eigenvalue weighted by molar-refractivity contribution is 5.96. The first kappa shape index (κ1) is 16.2. The van der Waals surface area contributed by atoms with Gasteiger partial charge < -0.3 is 9.80 Å². The maximum Gasteiger partial charge on any atom is 0.164 e. The highest BCUT2D eigenvalue weighted by Gasteiger charge is 2.23. The van der Waals surface area contributed by atoms with E-state index >= 15 is 0 Å². The lowest BCUT2D eigenvalue weighted by Gasteiger charge is -2.39. The predicted octanol–water partition coefficient (Wildman–Crippen LogP) is 2.90. The number of aryl methyl sites for hydroxylation is 2. The molecule has 0 amide bonds. The summed E-state index contributed by atoms with van der Waals surface area (Å²) in [5.74, 6) is 0.272. The van der Waals surface area contributed by atoms with Crippen molar-refractivity contribution >= 4 is 5.78 Å². The smallest absolute Gasteiger partial charge is 0.164 e. The van der Waals surface area contributed by atoms with E-state index < -0.39 is 0 Å². The van der Waals surface area contributed by atoms with Crippen LogP contribution in [0.15, 0.2) is 18.2 Å². The monoisotopic (exact) mass is 288 g/mol. The van der Waals surface area contributed by atoms with Crippen LogP contribution >= 0.6 is 0 Å². The number of hydrogen-bond donors (Lipinski definition) is 0. The fourth-order valence-electron chi connectivity index (χ4n) is 3.19. The molecule has 21 heavy (non-hydrogen) atoms. The van der Waals surface area contributed by atoms with Gasteiger partial charge in [-0.15, -0.1) is 0 Å². The Kier molecular flexibility index (Phi) is 5.54. The Morgan fingerprint density at radius 1 is 1.19 bits per heavy atom. The molecule has 0 bridgehead atoms. The Hall–Kier alpha value is -1.19. The molecule has 0 spiro atoms. The van der Waals surface area contributed by atoms with E-state index in [9.17, 15) is 4.79 Å². The van der Waals surface area contributed by atoms with Crippen LogP contribution in [0.1, 0.15) is 41.3 Å². The summed E-state index contributed by atoms with van der Waals surface area (Å²) < 4.78 is 0. The third-order valence-corrected chi connectivity index (χ3v) is 4.53. The molecule has 3 heteroatoms. The second-order valence-electron chi connectivity index (χ2n) is 6.39. The van der Waals surface area contributed by atoms with Crippen molar-refractivity contribution in [2.45, 2.75) is 39.7 Å². The first-order valence-electron chi connectivity index (χ1n) is 8.03. The maximum absolute atomic E-state index is 12.4. The molecule has 116 valence electrons. The number of Topliss-reactive ketones (excluding diaryl/α,β-unsaturated/α-hetero) is 1. The quantitative estimate of drug-likeness (QED) is 0.778. The van der Waals surface area contributed by atoms with E-state index in [1.54, 1.807) is 0 Å². The van der Waals surface area contributed by atoms with Gasteiger partial charge in [-0.1, -0.05) is 24.1 Å². The molecule has 1 aromatic rings. The highest BCUT2D eigenvalue weighted by atomic mass is 16.1. The van der Waals surface area contributed by atoms with Gasteiger partial charge in [0.1, 0.15) is 0 Å². The van der Waals surface area contributed by atoms with Crippen LogP contribution in [0.5, 0.6) is 0 Å². The number of carbonyl (C=O) groups excluding carboxylic acids is 1. The summed E-state index contributed by atoms with van der Waals surface area (Å²) in [5.41, 5.74) is 3.21. The van der Waals surface area contributed by atoms with Crippen molar-refractivity contribution in [3.8, 4) is 0 Å². The van der Waals surface area contributed by atoms with Crippen molar-refractivity contribution < 1.29 is 4.79 Å². The lowest BCUT2D eigenvalue weighted by Crippen LogP contribution is -2.51. The zero-order chi connectivity index (χ0) is 15.4. The van der Waals surface area contributed by atoms with Crippen molar-refractivity contribution in [2.24, 2.45) is 0 Å². The van der Waals surface area contributed by atoms with Crippen LogP contribution in [0.3, 0.4) is 0 Å². The van der Waals surface area contributed by atoms with Crippen molar-refractivity contribution in [2.75, 3.05) is 33.2 Å². The lowest BCUT2D eigenvalue weighted by molar-refractivity contribution is 0.0824. The van der Waals surface area contributed by atoms with Crippen molar-refractivity contribution in [3.05, 3.63) is 34.9 Å². The SMILES string of the molecule is CCC1CN(CCC(=O)c2cc(C)cc(C)c2)CCN1C. The summed E-state index contributed by atoms with van der Waals surface area (Å²) in [6.07, 6.45) is 1.81. The van der Waals surface area contributed by atoms with Gasteiger partial charge in [0.25, 0.3) is 0 Å². The van der Waals surface area contributed by atoms with Gasteiger partial charge in [0.15, 0.2) is 5.78 Å². The van der Waals surface area contributed by atoms with Gasteiger partial charge in [-0.25, -0.2) is 0 Å². The van der Waals surface area contributed by atoms with Crippen LogP contribution in [-0.2, 0) is 0 Å². The Balaban J connectivity index is 1.89. The Bertz CT molecular complexity index is 478. The molecule has 1 aromatic carbocycles. The minimum Gasteiger partial charge on any atom is -0.301 e. The number of rotatable bonds is 5. The van der Waals surface area contributed by atoms with E-state index in [2.05, 4.69) is 43.7 Å². The molecule has 1 saturated heterocycles. The van der Waals surface area contributed by atoms with Crippen LogP contribution in [-0.4, -0.2) is 54.9 Å². The van der Waals surface area contributed by atoms with Gasteiger partial charge in [-0.05, 0) is 39.4 Å². The van der Waals surface area contributed by atoms with Gasteiger partial charge in [-0.3, -0.25) is 4.79 Å². The Morgan fingerprint density at radius 2 is 1.86 bits per heavy atom. The van der Waals surface area contributed by atoms with Gasteiger partial charge in [-0.2, -0.15) is 0 Å².